The molecular weight excluding hydrogens is 222 g/mol. The van der Waals surface area contributed by atoms with Gasteiger partial charge in [0.15, 0.2) is 0 Å². The molecule has 0 radical (unpaired) electrons. The predicted octanol–water partition coefficient (Wildman–Crippen LogP) is 3.37. The highest BCUT2D eigenvalue weighted by atomic mass is 35.5. The van der Waals surface area contributed by atoms with E-state index in [-0.39, 0.29) is 0 Å². The summed E-state index contributed by atoms with van der Waals surface area (Å²) in [6, 6.07) is 5.63. The molecule has 0 aliphatic heterocycles. The first-order valence-electron chi connectivity index (χ1n) is 5.91. The van der Waals surface area contributed by atoms with Crippen LogP contribution in [-0.4, -0.2) is 6.61 Å². The molecule has 1 aliphatic rings. The molecule has 1 aliphatic carbocycles. The average Bonchev–Trinajstić information content (AvgIpc) is 2.22. The second-order valence-electron chi connectivity index (χ2n) is 4.39. The van der Waals surface area contributed by atoms with E-state index >= 15 is 0 Å². The van der Waals surface area contributed by atoms with E-state index < -0.39 is 0 Å². The molecule has 3 heteroatoms. The standard InChI is InChI=1S/C13H18ClNO/c14-12-5-4-11(9-15)13(8-12)16-7-6-10-2-1-3-10/h4-5,8,10H,1-3,6-7,9,15H2. The van der Waals surface area contributed by atoms with Gasteiger partial charge in [-0.15, -0.1) is 0 Å². The molecule has 0 unspecified atom stereocenters. The lowest BCUT2D eigenvalue weighted by Crippen LogP contribution is -2.15. The normalized spacial score (nSPS) is 15.9. The molecule has 1 saturated carbocycles. The van der Waals surface area contributed by atoms with Gasteiger partial charge in [-0.25, -0.2) is 0 Å². The van der Waals surface area contributed by atoms with Gasteiger partial charge in [0.05, 0.1) is 6.61 Å². The fourth-order valence-electron chi connectivity index (χ4n) is 1.95. The van der Waals surface area contributed by atoms with Crippen molar-refractivity contribution in [1.29, 1.82) is 0 Å². The Morgan fingerprint density at radius 3 is 2.81 bits per heavy atom. The van der Waals surface area contributed by atoms with E-state index in [2.05, 4.69) is 0 Å². The van der Waals surface area contributed by atoms with E-state index in [4.69, 9.17) is 22.1 Å². The van der Waals surface area contributed by atoms with Crippen molar-refractivity contribution < 1.29 is 4.74 Å². The van der Waals surface area contributed by atoms with Gasteiger partial charge in [0.1, 0.15) is 5.75 Å². The van der Waals surface area contributed by atoms with Crippen LogP contribution in [0.4, 0.5) is 0 Å². The van der Waals surface area contributed by atoms with Crippen molar-refractivity contribution in [3.63, 3.8) is 0 Å². The van der Waals surface area contributed by atoms with E-state index in [1.807, 2.05) is 18.2 Å². The van der Waals surface area contributed by atoms with Crippen molar-refractivity contribution in [3.05, 3.63) is 28.8 Å². The maximum atomic E-state index is 5.93. The number of halogens is 1. The van der Waals surface area contributed by atoms with Gasteiger partial charge < -0.3 is 10.5 Å². The topological polar surface area (TPSA) is 35.2 Å². The van der Waals surface area contributed by atoms with Crippen LogP contribution in [0.1, 0.15) is 31.2 Å². The molecule has 1 aromatic carbocycles. The number of nitrogens with two attached hydrogens (primary N) is 1. The first kappa shape index (κ1) is 11.7. The molecule has 2 nitrogen and oxygen atoms in total. The number of ether oxygens (including phenoxy) is 1. The SMILES string of the molecule is NCc1ccc(Cl)cc1OCCC1CCC1. The first-order valence-corrected chi connectivity index (χ1v) is 6.28. The molecule has 88 valence electrons. The van der Waals surface area contributed by atoms with Crippen LogP contribution in [0.3, 0.4) is 0 Å². The number of hydrogen-bond acceptors (Lipinski definition) is 2. The fourth-order valence-corrected chi connectivity index (χ4v) is 2.11. The minimum atomic E-state index is 0.496. The Morgan fingerprint density at radius 1 is 1.38 bits per heavy atom. The first-order chi connectivity index (χ1) is 7.79. The van der Waals surface area contributed by atoms with Crippen molar-refractivity contribution in [1.82, 2.24) is 0 Å². The highest BCUT2D eigenvalue weighted by Gasteiger charge is 2.17. The molecule has 0 spiro atoms. The van der Waals surface area contributed by atoms with Crippen LogP contribution >= 0.6 is 11.6 Å². The zero-order valence-corrected chi connectivity index (χ0v) is 10.2. The van der Waals surface area contributed by atoms with Crippen molar-refractivity contribution in [2.24, 2.45) is 11.7 Å². The monoisotopic (exact) mass is 239 g/mol. The Hall–Kier alpha value is -0.730. The molecule has 16 heavy (non-hydrogen) atoms. The second-order valence-corrected chi connectivity index (χ2v) is 4.83. The summed E-state index contributed by atoms with van der Waals surface area (Å²) in [4.78, 5) is 0. The van der Waals surface area contributed by atoms with Crippen LogP contribution in [0.5, 0.6) is 5.75 Å². The zero-order valence-electron chi connectivity index (χ0n) is 9.42. The van der Waals surface area contributed by atoms with E-state index in [1.165, 1.54) is 19.3 Å². The van der Waals surface area contributed by atoms with Gasteiger partial charge in [-0.1, -0.05) is 36.9 Å². The van der Waals surface area contributed by atoms with Crippen molar-refractivity contribution >= 4 is 11.6 Å². The van der Waals surface area contributed by atoms with Gasteiger partial charge in [-0.05, 0) is 24.5 Å². The van der Waals surface area contributed by atoms with Crippen molar-refractivity contribution in [2.45, 2.75) is 32.2 Å². The summed E-state index contributed by atoms with van der Waals surface area (Å²) in [5.41, 5.74) is 6.67. The van der Waals surface area contributed by atoms with Crippen LogP contribution in [0.2, 0.25) is 5.02 Å². The lowest BCUT2D eigenvalue weighted by atomic mass is 9.83. The zero-order chi connectivity index (χ0) is 11.4. The third-order valence-corrected chi connectivity index (χ3v) is 3.49. The summed E-state index contributed by atoms with van der Waals surface area (Å²) in [7, 11) is 0. The smallest absolute Gasteiger partial charge is 0.125 e. The molecule has 0 heterocycles. The summed E-state index contributed by atoms with van der Waals surface area (Å²) < 4.78 is 5.75. The molecule has 2 N–H and O–H groups in total. The molecule has 0 aromatic heterocycles. The van der Waals surface area contributed by atoms with Crippen LogP contribution in [0.15, 0.2) is 18.2 Å². The summed E-state index contributed by atoms with van der Waals surface area (Å²) in [5, 5.41) is 0.704. The van der Waals surface area contributed by atoms with E-state index in [9.17, 15) is 0 Å². The lowest BCUT2D eigenvalue weighted by Gasteiger charge is -2.25. The van der Waals surface area contributed by atoms with Gasteiger partial charge in [0, 0.05) is 17.1 Å². The molecule has 0 saturated heterocycles. The van der Waals surface area contributed by atoms with Gasteiger partial charge in [-0.2, -0.15) is 0 Å². The summed E-state index contributed by atoms with van der Waals surface area (Å²) in [5.74, 6) is 1.72. The van der Waals surface area contributed by atoms with Gasteiger partial charge in [-0.3, -0.25) is 0 Å². The molecule has 2 rings (SSSR count). The maximum absolute atomic E-state index is 5.93. The number of rotatable bonds is 5. The van der Waals surface area contributed by atoms with Gasteiger partial charge >= 0.3 is 0 Å². The quantitative estimate of drug-likeness (QED) is 0.855. The van der Waals surface area contributed by atoms with Crippen molar-refractivity contribution in [2.75, 3.05) is 6.61 Å². The van der Waals surface area contributed by atoms with Gasteiger partial charge in [0.25, 0.3) is 0 Å². The summed E-state index contributed by atoms with van der Waals surface area (Å²) >= 11 is 5.93. The Balaban J connectivity index is 1.88. The number of benzene rings is 1. The Labute approximate surface area is 102 Å². The Kier molecular flexibility index (Phi) is 4.08. The predicted molar refractivity (Wildman–Crippen MR) is 66.8 cm³/mol. The van der Waals surface area contributed by atoms with E-state index in [0.717, 1.165) is 30.3 Å². The second kappa shape index (κ2) is 5.55. The fraction of sp³-hybridized carbons (Fsp3) is 0.538. The van der Waals surface area contributed by atoms with Crippen LogP contribution in [0.25, 0.3) is 0 Å². The van der Waals surface area contributed by atoms with E-state index in [0.29, 0.717) is 11.6 Å². The molecule has 1 aromatic rings. The molecule has 0 amide bonds. The minimum Gasteiger partial charge on any atom is -0.493 e. The lowest BCUT2D eigenvalue weighted by molar-refractivity contribution is 0.221. The maximum Gasteiger partial charge on any atom is 0.125 e. The third kappa shape index (κ3) is 2.89. The molecular formula is C13H18ClNO. The molecule has 0 atom stereocenters. The number of hydrogen-bond donors (Lipinski definition) is 1. The molecule has 1 fully saturated rings. The largest absolute Gasteiger partial charge is 0.493 e. The summed E-state index contributed by atoms with van der Waals surface area (Å²) in [6.45, 7) is 1.27. The van der Waals surface area contributed by atoms with Crippen LogP contribution < -0.4 is 10.5 Å². The summed E-state index contributed by atoms with van der Waals surface area (Å²) in [6.07, 6.45) is 5.26. The highest BCUT2D eigenvalue weighted by Crippen LogP contribution is 2.30. The Bertz CT molecular complexity index is 350. The van der Waals surface area contributed by atoms with Gasteiger partial charge in [0.2, 0.25) is 0 Å². The van der Waals surface area contributed by atoms with E-state index in [1.54, 1.807) is 0 Å². The van der Waals surface area contributed by atoms with Crippen LogP contribution in [0, 0.1) is 5.92 Å². The molecule has 0 bridgehead atoms. The van der Waals surface area contributed by atoms with Crippen LogP contribution in [-0.2, 0) is 6.54 Å². The highest BCUT2D eigenvalue weighted by molar-refractivity contribution is 6.30. The Morgan fingerprint density at radius 2 is 2.19 bits per heavy atom. The van der Waals surface area contributed by atoms with Crippen molar-refractivity contribution in [3.8, 4) is 5.75 Å². The minimum absolute atomic E-state index is 0.496. The third-order valence-electron chi connectivity index (χ3n) is 3.26. The average molecular weight is 240 g/mol.